The summed E-state index contributed by atoms with van der Waals surface area (Å²) in [5.74, 6) is 0.649. The summed E-state index contributed by atoms with van der Waals surface area (Å²) in [6.45, 7) is 5.12. The number of hydrogen-bond donors (Lipinski definition) is 1. The Balaban J connectivity index is 0.00000110. The molecule has 116 valence electrons. The van der Waals surface area contributed by atoms with E-state index in [1.54, 1.807) is 0 Å². The number of benzene rings is 1. The molecule has 21 heavy (non-hydrogen) atoms. The third-order valence-corrected chi connectivity index (χ3v) is 4.15. The summed E-state index contributed by atoms with van der Waals surface area (Å²) >= 11 is 0. The highest BCUT2D eigenvalue weighted by Crippen LogP contribution is 2.24. The maximum absolute atomic E-state index is 5.78. The van der Waals surface area contributed by atoms with Crippen LogP contribution in [0.25, 0.3) is 10.9 Å². The minimum absolute atomic E-state index is 0. The highest BCUT2D eigenvalue weighted by molar-refractivity contribution is 5.85. The summed E-state index contributed by atoms with van der Waals surface area (Å²) < 4.78 is 0. The molecule has 2 N–H and O–H groups in total. The first-order valence-electron chi connectivity index (χ1n) is 7.05. The van der Waals surface area contributed by atoms with Gasteiger partial charge in [0.1, 0.15) is 0 Å². The van der Waals surface area contributed by atoms with Gasteiger partial charge in [-0.1, -0.05) is 24.3 Å². The summed E-state index contributed by atoms with van der Waals surface area (Å²) in [4.78, 5) is 7.25. The number of para-hydroxylation sites is 1. The van der Waals surface area contributed by atoms with E-state index in [0.717, 1.165) is 30.8 Å². The van der Waals surface area contributed by atoms with Gasteiger partial charge >= 0.3 is 0 Å². The normalized spacial score (nSPS) is 21.8. The lowest BCUT2D eigenvalue weighted by Crippen LogP contribution is -2.27. The molecule has 2 heterocycles. The monoisotopic (exact) mass is 327 g/mol. The van der Waals surface area contributed by atoms with Gasteiger partial charge in [-0.15, -0.1) is 24.8 Å². The van der Waals surface area contributed by atoms with Gasteiger partial charge in [-0.05, 0) is 37.9 Å². The predicted molar refractivity (Wildman–Crippen MR) is 93.3 cm³/mol. The van der Waals surface area contributed by atoms with Crippen molar-refractivity contribution in [2.45, 2.75) is 25.9 Å². The van der Waals surface area contributed by atoms with Crippen molar-refractivity contribution >= 4 is 35.7 Å². The zero-order valence-electron chi connectivity index (χ0n) is 12.2. The highest BCUT2D eigenvalue weighted by Gasteiger charge is 2.28. The fourth-order valence-corrected chi connectivity index (χ4v) is 3.01. The van der Waals surface area contributed by atoms with Crippen molar-refractivity contribution < 1.29 is 0 Å². The molecule has 1 saturated heterocycles. The Morgan fingerprint density at radius 3 is 2.67 bits per heavy atom. The topological polar surface area (TPSA) is 42.1 Å². The number of nitrogens with zero attached hydrogens (tertiary/aromatic N) is 2. The molecule has 0 amide bonds. The number of pyridine rings is 1. The van der Waals surface area contributed by atoms with Crippen LogP contribution >= 0.6 is 24.8 Å². The second-order valence-corrected chi connectivity index (χ2v) is 5.61. The molecule has 0 radical (unpaired) electrons. The Hall–Kier alpha value is -0.870. The molecule has 2 aromatic rings. The van der Waals surface area contributed by atoms with Crippen molar-refractivity contribution in [3.63, 3.8) is 0 Å². The Bertz CT molecular complexity index is 576. The molecule has 5 heteroatoms. The molecule has 1 fully saturated rings. The van der Waals surface area contributed by atoms with Gasteiger partial charge in [-0.25, -0.2) is 0 Å². The maximum atomic E-state index is 5.78. The molecular weight excluding hydrogens is 305 g/mol. The van der Waals surface area contributed by atoms with Crippen LogP contribution < -0.4 is 5.73 Å². The third-order valence-electron chi connectivity index (χ3n) is 4.15. The van der Waals surface area contributed by atoms with Crippen molar-refractivity contribution in [3.8, 4) is 0 Å². The standard InChI is InChI=1S/C16H21N3.2ClH/c1-12-8-13(9-17)10-19(12)11-15-7-6-14-4-2-3-5-16(14)18-15;;/h2-7,12-13H,8-11,17H2,1H3;2*1H. The average Bonchev–Trinajstić information content (AvgIpc) is 2.79. The molecule has 1 aromatic heterocycles. The van der Waals surface area contributed by atoms with Gasteiger partial charge in [0, 0.05) is 24.5 Å². The molecule has 0 bridgehead atoms. The van der Waals surface area contributed by atoms with Crippen LogP contribution in [0.3, 0.4) is 0 Å². The minimum atomic E-state index is 0. The van der Waals surface area contributed by atoms with Crippen molar-refractivity contribution in [2.75, 3.05) is 13.1 Å². The summed E-state index contributed by atoms with van der Waals surface area (Å²) in [6, 6.07) is 13.2. The molecule has 1 aromatic carbocycles. The smallest absolute Gasteiger partial charge is 0.0705 e. The first-order chi connectivity index (χ1) is 9.26. The number of aromatic nitrogens is 1. The lowest BCUT2D eigenvalue weighted by Gasteiger charge is -2.20. The van der Waals surface area contributed by atoms with E-state index >= 15 is 0 Å². The van der Waals surface area contributed by atoms with E-state index in [1.807, 2.05) is 6.07 Å². The molecule has 3 rings (SSSR count). The van der Waals surface area contributed by atoms with E-state index in [4.69, 9.17) is 10.7 Å². The summed E-state index contributed by atoms with van der Waals surface area (Å²) in [7, 11) is 0. The van der Waals surface area contributed by atoms with Crippen molar-refractivity contribution in [1.82, 2.24) is 9.88 Å². The van der Waals surface area contributed by atoms with Crippen molar-refractivity contribution in [1.29, 1.82) is 0 Å². The number of fused-ring (bicyclic) bond motifs is 1. The maximum Gasteiger partial charge on any atom is 0.0705 e. The Morgan fingerprint density at radius 1 is 1.19 bits per heavy atom. The molecule has 2 atom stereocenters. The fourth-order valence-electron chi connectivity index (χ4n) is 3.01. The molecule has 2 unspecified atom stereocenters. The number of hydrogen-bond acceptors (Lipinski definition) is 3. The highest BCUT2D eigenvalue weighted by atomic mass is 35.5. The first kappa shape index (κ1) is 18.2. The van der Waals surface area contributed by atoms with Crippen molar-refractivity contribution in [3.05, 3.63) is 42.1 Å². The van der Waals surface area contributed by atoms with Gasteiger partial charge in [0.15, 0.2) is 0 Å². The van der Waals surface area contributed by atoms with Crippen LogP contribution in [0.4, 0.5) is 0 Å². The van der Waals surface area contributed by atoms with E-state index in [1.165, 1.54) is 11.8 Å². The zero-order chi connectivity index (χ0) is 13.2. The van der Waals surface area contributed by atoms with Crippen LogP contribution in [0.5, 0.6) is 0 Å². The van der Waals surface area contributed by atoms with Crippen LogP contribution in [-0.2, 0) is 6.54 Å². The van der Waals surface area contributed by atoms with Gasteiger partial charge in [0.05, 0.1) is 11.2 Å². The van der Waals surface area contributed by atoms with Crippen LogP contribution in [-0.4, -0.2) is 29.0 Å². The molecule has 1 aliphatic rings. The lowest BCUT2D eigenvalue weighted by molar-refractivity contribution is 0.253. The molecule has 0 spiro atoms. The van der Waals surface area contributed by atoms with E-state index in [-0.39, 0.29) is 24.8 Å². The summed E-state index contributed by atoms with van der Waals surface area (Å²) in [6.07, 6.45) is 1.21. The minimum Gasteiger partial charge on any atom is -0.330 e. The number of rotatable bonds is 3. The van der Waals surface area contributed by atoms with E-state index in [2.05, 4.69) is 42.2 Å². The SMILES string of the molecule is CC1CC(CN)CN1Cc1ccc2ccccc2n1.Cl.Cl. The van der Waals surface area contributed by atoms with Gasteiger partial charge in [-0.3, -0.25) is 9.88 Å². The summed E-state index contributed by atoms with van der Waals surface area (Å²) in [5.41, 5.74) is 8.02. The molecule has 0 aliphatic carbocycles. The summed E-state index contributed by atoms with van der Waals surface area (Å²) in [5, 5.41) is 1.21. The predicted octanol–water partition coefficient (Wildman–Crippen LogP) is 3.25. The molecule has 1 aliphatic heterocycles. The molecule has 3 nitrogen and oxygen atoms in total. The zero-order valence-corrected chi connectivity index (χ0v) is 13.9. The average molecular weight is 328 g/mol. The van der Waals surface area contributed by atoms with Crippen LogP contribution in [0.15, 0.2) is 36.4 Å². The largest absolute Gasteiger partial charge is 0.330 e. The molecular formula is C16H23Cl2N3. The number of nitrogens with two attached hydrogens (primary N) is 1. The van der Waals surface area contributed by atoms with E-state index in [9.17, 15) is 0 Å². The Morgan fingerprint density at radius 2 is 1.95 bits per heavy atom. The van der Waals surface area contributed by atoms with Gasteiger partial charge in [0.2, 0.25) is 0 Å². The Kier molecular flexibility index (Phi) is 6.88. The van der Waals surface area contributed by atoms with Gasteiger partial charge in [0.25, 0.3) is 0 Å². The van der Waals surface area contributed by atoms with Crippen LogP contribution in [0.2, 0.25) is 0 Å². The van der Waals surface area contributed by atoms with E-state index < -0.39 is 0 Å². The van der Waals surface area contributed by atoms with Crippen molar-refractivity contribution in [2.24, 2.45) is 11.7 Å². The van der Waals surface area contributed by atoms with Gasteiger partial charge < -0.3 is 5.73 Å². The second kappa shape index (κ2) is 7.95. The number of halogens is 2. The number of likely N-dealkylation sites (tertiary alicyclic amines) is 1. The second-order valence-electron chi connectivity index (χ2n) is 5.61. The quantitative estimate of drug-likeness (QED) is 0.940. The fraction of sp³-hybridized carbons (Fsp3) is 0.438. The van der Waals surface area contributed by atoms with E-state index in [0.29, 0.717) is 12.0 Å². The Labute approximate surface area is 138 Å². The lowest BCUT2D eigenvalue weighted by atomic mass is 10.1. The third kappa shape index (κ3) is 4.07. The van der Waals surface area contributed by atoms with Crippen LogP contribution in [0, 0.1) is 5.92 Å². The van der Waals surface area contributed by atoms with Gasteiger partial charge in [-0.2, -0.15) is 0 Å². The molecule has 0 saturated carbocycles. The first-order valence-corrected chi connectivity index (χ1v) is 7.05. The van der Waals surface area contributed by atoms with Crippen LogP contribution in [0.1, 0.15) is 19.0 Å².